The highest BCUT2D eigenvalue weighted by Gasteiger charge is 2.19. The molecule has 0 aromatic heterocycles. The molecule has 0 saturated carbocycles. The Bertz CT molecular complexity index is 246. The molecule has 1 rings (SSSR count). The lowest BCUT2D eigenvalue weighted by molar-refractivity contribution is 0.234. The molecule has 0 fully saturated rings. The highest BCUT2D eigenvalue weighted by molar-refractivity contribution is 5.33. The lowest BCUT2D eigenvalue weighted by Gasteiger charge is -1.99. The summed E-state index contributed by atoms with van der Waals surface area (Å²) in [5.74, 6) is 1.58. The van der Waals surface area contributed by atoms with Crippen LogP contribution in [0.1, 0.15) is 41.0 Å². The zero-order chi connectivity index (χ0) is 11.7. The first-order chi connectivity index (χ1) is 7.29. The molecule has 1 heterocycles. The molecule has 0 bridgehead atoms. The summed E-state index contributed by atoms with van der Waals surface area (Å²) in [6.07, 6.45) is 9.52. The minimum Gasteiger partial charge on any atom is -0.493 e. The average molecular weight is 208 g/mol. The summed E-state index contributed by atoms with van der Waals surface area (Å²) in [5, 5.41) is 0. The molecule has 15 heavy (non-hydrogen) atoms. The molecule has 0 spiro atoms. The monoisotopic (exact) mass is 208 g/mol. The van der Waals surface area contributed by atoms with Crippen LogP contribution in [-0.2, 0) is 4.74 Å². The van der Waals surface area contributed by atoms with Gasteiger partial charge in [0, 0.05) is 5.92 Å². The molecule has 1 atom stereocenters. The summed E-state index contributed by atoms with van der Waals surface area (Å²) in [6.45, 7) is 11.2. The van der Waals surface area contributed by atoms with Crippen molar-refractivity contribution in [2.24, 2.45) is 5.92 Å². The van der Waals surface area contributed by atoms with E-state index < -0.39 is 0 Å². The second-order valence-corrected chi connectivity index (χ2v) is 3.34. The van der Waals surface area contributed by atoms with Crippen molar-refractivity contribution in [3.63, 3.8) is 0 Å². The predicted molar refractivity (Wildman–Crippen MR) is 67.7 cm³/mol. The third-order valence-corrected chi connectivity index (χ3v) is 2.16. The van der Waals surface area contributed by atoms with E-state index in [0.29, 0.717) is 5.92 Å². The summed E-state index contributed by atoms with van der Waals surface area (Å²) < 4.78 is 5.56. The number of hydrogen-bond donors (Lipinski definition) is 0. The van der Waals surface area contributed by atoms with Crippen molar-refractivity contribution in [1.29, 1.82) is 0 Å². The Labute approximate surface area is 94.5 Å². The number of rotatable bonds is 3. The lowest BCUT2D eigenvalue weighted by atomic mass is 10.0. The molecule has 86 valence electrons. The van der Waals surface area contributed by atoms with Gasteiger partial charge >= 0.3 is 0 Å². The van der Waals surface area contributed by atoms with Crippen molar-refractivity contribution < 1.29 is 4.74 Å². The molecule has 0 radical (unpaired) electrons. The van der Waals surface area contributed by atoms with Gasteiger partial charge in [-0.3, -0.25) is 0 Å². The van der Waals surface area contributed by atoms with Gasteiger partial charge in [-0.15, -0.1) is 0 Å². The van der Waals surface area contributed by atoms with Crippen LogP contribution in [0.4, 0.5) is 0 Å². The summed E-state index contributed by atoms with van der Waals surface area (Å²) in [6, 6.07) is 0. The Morgan fingerprint density at radius 1 is 1.33 bits per heavy atom. The normalized spacial score (nSPS) is 20.7. The molecule has 1 aliphatic rings. The zero-order valence-corrected chi connectivity index (χ0v) is 10.7. The summed E-state index contributed by atoms with van der Waals surface area (Å²) in [7, 11) is 0. The first-order valence-electron chi connectivity index (χ1n) is 5.95. The summed E-state index contributed by atoms with van der Waals surface area (Å²) in [5.41, 5.74) is 1.33. The maximum absolute atomic E-state index is 5.56. The molecular weight excluding hydrogens is 184 g/mol. The van der Waals surface area contributed by atoms with E-state index in [1.165, 1.54) is 5.57 Å². The van der Waals surface area contributed by atoms with Gasteiger partial charge in [-0.25, -0.2) is 0 Å². The van der Waals surface area contributed by atoms with Crippen LogP contribution < -0.4 is 0 Å². The van der Waals surface area contributed by atoms with Crippen molar-refractivity contribution in [3.8, 4) is 0 Å². The van der Waals surface area contributed by atoms with Crippen LogP contribution in [0.15, 0.2) is 35.6 Å². The number of hydrogen-bond acceptors (Lipinski definition) is 1. The third kappa shape index (κ3) is 4.37. The maximum atomic E-state index is 5.56. The second kappa shape index (κ2) is 8.34. The van der Waals surface area contributed by atoms with Crippen LogP contribution in [-0.4, -0.2) is 6.61 Å². The van der Waals surface area contributed by atoms with E-state index in [0.717, 1.165) is 18.8 Å². The molecule has 0 aliphatic carbocycles. The predicted octanol–water partition coefficient (Wildman–Crippen LogP) is 4.48. The van der Waals surface area contributed by atoms with E-state index in [2.05, 4.69) is 26.0 Å². The Morgan fingerprint density at radius 3 is 2.53 bits per heavy atom. The minimum atomic E-state index is 0.536. The molecule has 0 saturated heterocycles. The number of allylic oxidation sites excluding steroid dienone is 4. The molecule has 0 aromatic carbocycles. The van der Waals surface area contributed by atoms with Crippen molar-refractivity contribution in [1.82, 2.24) is 0 Å². The lowest BCUT2D eigenvalue weighted by Crippen LogP contribution is -1.95. The summed E-state index contributed by atoms with van der Waals surface area (Å²) in [4.78, 5) is 0. The van der Waals surface area contributed by atoms with E-state index in [-0.39, 0.29) is 0 Å². The third-order valence-electron chi connectivity index (χ3n) is 2.16. The molecule has 1 nitrogen and oxygen atoms in total. The summed E-state index contributed by atoms with van der Waals surface area (Å²) >= 11 is 0. The van der Waals surface area contributed by atoms with Crippen molar-refractivity contribution in [2.75, 3.05) is 6.61 Å². The van der Waals surface area contributed by atoms with Gasteiger partial charge in [-0.2, -0.15) is 0 Å². The maximum Gasteiger partial charge on any atom is 0.122 e. The fourth-order valence-corrected chi connectivity index (χ4v) is 1.42. The topological polar surface area (TPSA) is 9.23 Å². The van der Waals surface area contributed by atoms with Gasteiger partial charge in [-0.05, 0) is 25.0 Å². The Morgan fingerprint density at radius 2 is 2.00 bits per heavy atom. The van der Waals surface area contributed by atoms with Crippen LogP contribution >= 0.6 is 0 Å². The molecule has 1 heteroatoms. The van der Waals surface area contributed by atoms with Gasteiger partial charge in [0.2, 0.25) is 0 Å². The molecule has 1 aliphatic heterocycles. The quantitative estimate of drug-likeness (QED) is 0.664. The van der Waals surface area contributed by atoms with Gasteiger partial charge in [-0.1, -0.05) is 45.9 Å². The van der Waals surface area contributed by atoms with E-state index in [4.69, 9.17) is 4.74 Å². The Hall–Kier alpha value is -0.980. The number of ether oxygens (including phenoxy) is 1. The Kier molecular flexibility index (Phi) is 7.79. The molecule has 0 aromatic rings. The molecule has 0 amide bonds. The van der Waals surface area contributed by atoms with Crippen molar-refractivity contribution in [3.05, 3.63) is 35.6 Å². The van der Waals surface area contributed by atoms with E-state index in [1.807, 2.05) is 32.9 Å². The highest BCUT2D eigenvalue weighted by atomic mass is 16.5. The van der Waals surface area contributed by atoms with Gasteiger partial charge in [0.05, 0.1) is 6.61 Å². The van der Waals surface area contributed by atoms with Crippen LogP contribution in [0.5, 0.6) is 0 Å². The first-order valence-corrected chi connectivity index (χ1v) is 5.95. The molecule has 0 N–H and O–H groups in total. The minimum absolute atomic E-state index is 0.536. The van der Waals surface area contributed by atoms with Gasteiger partial charge in [0.25, 0.3) is 0 Å². The van der Waals surface area contributed by atoms with Crippen LogP contribution in [0.25, 0.3) is 0 Å². The van der Waals surface area contributed by atoms with Crippen molar-refractivity contribution in [2.45, 2.75) is 41.0 Å². The average Bonchev–Trinajstić information content (AvgIpc) is 2.61. The van der Waals surface area contributed by atoms with Crippen molar-refractivity contribution >= 4 is 0 Å². The van der Waals surface area contributed by atoms with Gasteiger partial charge in [0.15, 0.2) is 0 Å². The van der Waals surface area contributed by atoms with E-state index in [9.17, 15) is 0 Å². The SMILES string of the molecule is C/C=C\C1=C(/C=C\CC)C(C)CO1.CC. The van der Waals surface area contributed by atoms with E-state index in [1.54, 1.807) is 0 Å². The fraction of sp³-hybridized carbons (Fsp3) is 0.571. The van der Waals surface area contributed by atoms with Gasteiger partial charge < -0.3 is 4.74 Å². The van der Waals surface area contributed by atoms with Crippen LogP contribution in [0.3, 0.4) is 0 Å². The second-order valence-electron chi connectivity index (χ2n) is 3.34. The molecular formula is C14H24O. The first kappa shape index (κ1) is 14.0. The standard InChI is InChI=1S/C12H18O.C2H6/c1-4-6-8-11-10(3)9-13-12(11)7-5-2;1-2/h5-8,10H,4,9H2,1-3H3;1-2H3/b7-5-,8-6-;. The van der Waals surface area contributed by atoms with Gasteiger partial charge in [0.1, 0.15) is 5.76 Å². The fourth-order valence-electron chi connectivity index (χ4n) is 1.42. The van der Waals surface area contributed by atoms with Crippen LogP contribution in [0.2, 0.25) is 0 Å². The smallest absolute Gasteiger partial charge is 0.122 e. The Balaban J connectivity index is 0.000000921. The highest BCUT2D eigenvalue weighted by Crippen LogP contribution is 2.26. The van der Waals surface area contributed by atoms with E-state index >= 15 is 0 Å². The van der Waals surface area contributed by atoms with Crippen LogP contribution in [0, 0.1) is 5.92 Å². The largest absolute Gasteiger partial charge is 0.493 e. The zero-order valence-electron chi connectivity index (χ0n) is 10.7. The molecule has 1 unspecified atom stereocenters.